The van der Waals surface area contributed by atoms with Crippen LogP contribution in [0.4, 0.5) is 8.78 Å². The van der Waals surface area contributed by atoms with Crippen molar-refractivity contribution in [2.45, 2.75) is 20.3 Å². The number of halogens is 2. The molecule has 0 atom stereocenters. The first-order chi connectivity index (χ1) is 11.9. The quantitative estimate of drug-likeness (QED) is 0.755. The van der Waals surface area contributed by atoms with Gasteiger partial charge in [0.25, 0.3) is 5.91 Å². The van der Waals surface area contributed by atoms with E-state index in [9.17, 15) is 13.6 Å². The smallest absolute Gasteiger partial charge is 0.251 e. The monoisotopic (exact) mass is 341 g/mol. The van der Waals surface area contributed by atoms with Crippen LogP contribution >= 0.6 is 0 Å². The highest BCUT2D eigenvalue weighted by molar-refractivity contribution is 5.94. The molecule has 2 aromatic carbocycles. The van der Waals surface area contributed by atoms with E-state index in [4.69, 9.17) is 0 Å². The molecule has 0 aliphatic heterocycles. The largest absolute Gasteiger partial charge is 0.352 e. The number of carbonyl (C=O) groups is 1. The summed E-state index contributed by atoms with van der Waals surface area (Å²) in [7, 11) is 0. The van der Waals surface area contributed by atoms with E-state index in [1.54, 1.807) is 18.2 Å². The highest BCUT2D eigenvalue weighted by Gasteiger charge is 2.11. The number of allylic oxidation sites excluding steroid dienone is 2. The van der Waals surface area contributed by atoms with Gasteiger partial charge in [0.05, 0.1) is 0 Å². The Balaban J connectivity index is 2.02. The highest BCUT2D eigenvalue weighted by atomic mass is 19.1. The summed E-state index contributed by atoms with van der Waals surface area (Å²) in [6, 6.07) is 8.08. The summed E-state index contributed by atoms with van der Waals surface area (Å²) in [6.07, 6.45) is 5.67. The van der Waals surface area contributed by atoms with E-state index < -0.39 is 11.6 Å². The van der Waals surface area contributed by atoms with Gasteiger partial charge in [-0.1, -0.05) is 36.9 Å². The number of hydrogen-bond donors (Lipinski definition) is 1. The Morgan fingerprint density at radius 2 is 1.96 bits per heavy atom. The average Bonchev–Trinajstić information content (AvgIpc) is 2.61. The molecule has 1 N–H and O–H groups in total. The summed E-state index contributed by atoms with van der Waals surface area (Å²) in [5.41, 5.74) is 2.91. The number of rotatable bonds is 6. The third kappa shape index (κ3) is 4.63. The molecule has 0 unspecified atom stereocenters. The molecule has 0 fully saturated rings. The Kier molecular flexibility index (Phi) is 6.23. The van der Waals surface area contributed by atoms with Crippen LogP contribution in [-0.4, -0.2) is 12.5 Å². The number of hydrogen-bond acceptors (Lipinski definition) is 1. The van der Waals surface area contributed by atoms with Gasteiger partial charge >= 0.3 is 0 Å². The molecule has 0 radical (unpaired) electrons. The maximum atomic E-state index is 14.0. The lowest BCUT2D eigenvalue weighted by molar-refractivity contribution is 0.0954. The molecule has 0 aliphatic carbocycles. The van der Waals surface area contributed by atoms with Crippen LogP contribution < -0.4 is 5.32 Å². The number of amides is 1. The third-order valence-corrected chi connectivity index (χ3v) is 4.03. The SMILES string of the molecule is C=C/C=C\c1cc(C(=O)NCCc2ccc(F)c(C)c2F)ccc1C. The van der Waals surface area contributed by atoms with Gasteiger partial charge < -0.3 is 5.32 Å². The minimum absolute atomic E-state index is 0.000934. The molecule has 0 aromatic heterocycles. The second-order valence-electron chi connectivity index (χ2n) is 5.82. The normalized spacial score (nSPS) is 10.9. The maximum absolute atomic E-state index is 14.0. The molecule has 0 bridgehead atoms. The summed E-state index contributed by atoms with van der Waals surface area (Å²) >= 11 is 0. The van der Waals surface area contributed by atoms with Crippen molar-refractivity contribution in [3.05, 3.63) is 88.5 Å². The lowest BCUT2D eigenvalue weighted by Gasteiger charge is -2.09. The molecule has 1 amide bonds. The molecule has 130 valence electrons. The number of aryl methyl sites for hydroxylation is 1. The van der Waals surface area contributed by atoms with E-state index in [1.165, 1.54) is 19.1 Å². The zero-order chi connectivity index (χ0) is 18.4. The van der Waals surface area contributed by atoms with Gasteiger partial charge in [0.2, 0.25) is 0 Å². The lowest BCUT2D eigenvalue weighted by atomic mass is 10.0. The van der Waals surface area contributed by atoms with E-state index in [0.29, 0.717) is 17.5 Å². The molecule has 0 spiro atoms. The molecule has 0 saturated heterocycles. The van der Waals surface area contributed by atoms with Crippen molar-refractivity contribution in [2.75, 3.05) is 6.54 Å². The van der Waals surface area contributed by atoms with Gasteiger partial charge in [-0.15, -0.1) is 0 Å². The average molecular weight is 341 g/mol. The van der Waals surface area contributed by atoms with E-state index in [0.717, 1.165) is 11.1 Å². The molecule has 2 aromatic rings. The molecule has 25 heavy (non-hydrogen) atoms. The van der Waals surface area contributed by atoms with Crippen molar-refractivity contribution in [2.24, 2.45) is 0 Å². The van der Waals surface area contributed by atoms with Gasteiger partial charge in [-0.05, 0) is 55.2 Å². The first-order valence-electron chi connectivity index (χ1n) is 8.05. The fourth-order valence-corrected chi connectivity index (χ4v) is 2.46. The first-order valence-corrected chi connectivity index (χ1v) is 8.05. The van der Waals surface area contributed by atoms with Gasteiger partial charge in [0.15, 0.2) is 0 Å². The van der Waals surface area contributed by atoms with Crippen molar-refractivity contribution < 1.29 is 13.6 Å². The lowest BCUT2D eigenvalue weighted by Crippen LogP contribution is -2.26. The van der Waals surface area contributed by atoms with Crippen LogP contribution in [0.1, 0.15) is 32.6 Å². The number of carbonyl (C=O) groups excluding carboxylic acids is 1. The predicted molar refractivity (Wildman–Crippen MR) is 97.5 cm³/mol. The van der Waals surface area contributed by atoms with Crippen molar-refractivity contribution in [1.29, 1.82) is 0 Å². The maximum Gasteiger partial charge on any atom is 0.251 e. The van der Waals surface area contributed by atoms with Crippen molar-refractivity contribution in [3.63, 3.8) is 0 Å². The van der Waals surface area contributed by atoms with Gasteiger partial charge in [0.1, 0.15) is 11.6 Å². The first kappa shape index (κ1) is 18.6. The molecule has 0 aliphatic rings. The van der Waals surface area contributed by atoms with Gasteiger partial charge in [0, 0.05) is 17.7 Å². The van der Waals surface area contributed by atoms with Gasteiger partial charge in [-0.25, -0.2) is 8.78 Å². The van der Waals surface area contributed by atoms with Crippen molar-refractivity contribution in [1.82, 2.24) is 5.32 Å². The molecule has 2 nitrogen and oxygen atoms in total. The van der Waals surface area contributed by atoms with Gasteiger partial charge in [-0.2, -0.15) is 0 Å². The Morgan fingerprint density at radius 3 is 2.68 bits per heavy atom. The summed E-state index contributed by atoms with van der Waals surface area (Å²) in [5, 5.41) is 2.77. The summed E-state index contributed by atoms with van der Waals surface area (Å²) in [5.74, 6) is -1.35. The molecular weight excluding hydrogens is 320 g/mol. The fourth-order valence-electron chi connectivity index (χ4n) is 2.46. The Labute approximate surface area is 146 Å². The van der Waals surface area contributed by atoms with Gasteiger partial charge in [-0.3, -0.25) is 4.79 Å². The second kappa shape index (κ2) is 8.38. The molecule has 0 heterocycles. The van der Waals surface area contributed by atoms with E-state index in [-0.39, 0.29) is 18.0 Å². The zero-order valence-electron chi connectivity index (χ0n) is 14.4. The molecule has 0 saturated carbocycles. The predicted octanol–water partition coefficient (Wildman–Crippen LogP) is 4.75. The molecular formula is C21H21F2NO. The minimum atomic E-state index is -0.565. The Morgan fingerprint density at radius 1 is 1.20 bits per heavy atom. The van der Waals surface area contributed by atoms with Crippen LogP contribution in [0, 0.1) is 25.5 Å². The van der Waals surface area contributed by atoms with Crippen LogP contribution in [0.2, 0.25) is 0 Å². The Bertz CT molecular complexity index is 825. The number of benzene rings is 2. The topological polar surface area (TPSA) is 29.1 Å². The summed E-state index contributed by atoms with van der Waals surface area (Å²) in [6.45, 7) is 7.26. The number of nitrogens with one attached hydrogen (secondary N) is 1. The fraction of sp³-hybridized carbons (Fsp3) is 0.190. The van der Waals surface area contributed by atoms with E-state index >= 15 is 0 Å². The zero-order valence-corrected chi connectivity index (χ0v) is 14.4. The standard InChI is InChI=1S/C21H21F2NO/c1-4-5-6-17-13-18(8-7-14(17)2)21(25)24-12-11-16-9-10-19(22)15(3)20(16)23/h4-10,13H,1,11-12H2,2-3H3,(H,24,25)/b6-5-. The van der Waals surface area contributed by atoms with Crippen LogP contribution in [-0.2, 0) is 6.42 Å². The third-order valence-electron chi connectivity index (χ3n) is 4.03. The molecule has 2 rings (SSSR count). The summed E-state index contributed by atoms with van der Waals surface area (Å²) < 4.78 is 27.2. The van der Waals surface area contributed by atoms with Crippen molar-refractivity contribution >= 4 is 12.0 Å². The van der Waals surface area contributed by atoms with Crippen LogP contribution in [0.5, 0.6) is 0 Å². The summed E-state index contributed by atoms with van der Waals surface area (Å²) in [4.78, 5) is 12.3. The van der Waals surface area contributed by atoms with E-state index in [1.807, 2.05) is 25.1 Å². The highest BCUT2D eigenvalue weighted by Crippen LogP contribution is 2.16. The second-order valence-corrected chi connectivity index (χ2v) is 5.82. The van der Waals surface area contributed by atoms with Crippen LogP contribution in [0.25, 0.3) is 6.08 Å². The minimum Gasteiger partial charge on any atom is -0.352 e. The van der Waals surface area contributed by atoms with Crippen LogP contribution in [0.3, 0.4) is 0 Å². The van der Waals surface area contributed by atoms with E-state index in [2.05, 4.69) is 11.9 Å². The molecule has 4 heteroatoms. The van der Waals surface area contributed by atoms with Crippen molar-refractivity contribution in [3.8, 4) is 0 Å². The van der Waals surface area contributed by atoms with Crippen LogP contribution in [0.15, 0.2) is 49.1 Å². The Hall–Kier alpha value is -2.75.